The molecule has 1 aliphatic carbocycles. The lowest BCUT2D eigenvalue weighted by molar-refractivity contribution is -0.121. The molecular formula is C16H22N2O3. The Bertz CT molecular complexity index is 514. The number of fused-ring (bicyclic) bond motifs is 1. The van der Waals surface area contributed by atoms with Gasteiger partial charge >= 0.3 is 0 Å². The van der Waals surface area contributed by atoms with Crippen molar-refractivity contribution in [1.29, 1.82) is 0 Å². The van der Waals surface area contributed by atoms with Crippen LogP contribution in [0.2, 0.25) is 0 Å². The summed E-state index contributed by atoms with van der Waals surface area (Å²) in [6, 6.07) is 6.08. The van der Waals surface area contributed by atoms with Crippen LogP contribution in [0.4, 0.5) is 0 Å². The monoisotopic (exact) mass is 290 g/mol. The van der Waals surface area contributed by atoms with Gasteiger partial charge in [-0.3, -0.25) is 4.79 Å². The Labute approximate surface area is 125 Å². The smallest absolute Gasteiger partial charge is 0.221 e. The van der Waals surface area contributed by atoms with E-state index < -0.39 is 0 Å². The van der Waals surface area contributed by atoms with Crippen LogP contribution in [0, 0.1) is 5.92 Å². The maximum absolute atomic E-state index is 12.0. The molecule has 0 saturated heterocycles. The van der Waals surface area contributed by atoms with Gasteiger partial charge in [-0.05, 0) is 43.5 Å². The molecular weight excluding hydrogens is 268 g/mol. The minimum atomic E-state index is 0.0881. The number of benzene rings is 1. The molecule has 1 aromatic rings. The molecule has 0 spiro atoms. The van der Waals surface area contributed by atoms with Gasteiger partial charge in [0.25, 0.3) is 0 Å². The zero-order valence-corrected chi connectivity index (χ0v) is 12.4. The lowest BCUT2D eigenvalue weighted by Gasteiger charge is -2.23. The third-order valence-corrected chi connectivity index (χ3v) is 3.94. The highest BCUT2D eigenvalue weighted by Crippen LogP contribution is 2.43. The Hall–Kier alpha value is -1.75. The van der Waals surface area contributed by atoms with Crippen LogP contribution in [0.3, 0.4) is 0 Å². The molecule has 21 heavy (non-hydrogen) atoms. The van der Waals surface area contributed by atoms with Crippen molar-refractivity contribution in [2.45, 2.75) is 25.3 Å². The third-order valence-electron chi connectivity index (χ3n) is 3.94. The van der Waals surface area contributed by atoms with Gasteiger partial charge in [-0.1, -0.05) is 6.07 Å². The van der Waals surface area contributed by atoms with Gasteiger partial charge in [0.2, 0.25) is 5.91 Å². The fourth-order valence-corrected chi connectivity index (χ4v) is 2.64. The molecule has 1 saturated carbocycles. The molecule has 1 fully saturated rings. The van der Waals surface area contributed by atoms with Crippen LogP contribution in [0.1, 0.15) is 30.9 Å². The van der Waals surface area contributed by atoms with Crippen LogP contribution < -0.4 is 20.1 Å². The Morgan fingerprint density at radius 2 is 2.05 bits per heavy atom. The van der Waals surface area contributed by atoms with Crippen LogP contribution in [0.5, 0.6) is 11.5 Å². The van der Waals surface area contributed by atoms with Crippen molar-refractivity contribution in [2.24, 2.45) is 5.92 Å². The molecule has 0 radical (unpaired) electrons. The zero-order valence-electron chi connectivity index (χ0n) is 12.4. The molecule has 114 valence electrons. The van der Waals surface area contributed by atoms with Crippen molar-refractivity contribution in [1.82, 2.24) is 10.6 Å². The molecule has 2 aliphatic rings. The molecule has 0 aromatic heterocycles. The highest BCUT2D eigenvalue weighted by Gasteiger charge is 2.34. The molecule has 1 aromatic carbocycles. The molecule has 1 heterocycles. The summed E-state index contributed by atoms with van der Waals surface area (Å²) in [7, 11) is 1.85. The molecule has 5 heteroatoms. The van der Waals surface area contributed by atoms with Crippen LogP contribution >= 0.6 is 0 Å². The topological polar surface area (TPSA) is 59.6 Å². The van der Waals surface area contributed by atoms with E-state index in [0.29, 0.717) is 32.1 Å². The predicted molar refractivity (Wildman–Crippen MR) is 79.6 cm³/mol. The number of ether oxygens (including phenoxy) is 2. The first kappa shape index (κ1) is 14.2. The summed E-state index contributed by atoms with van der Waals surface area (Å²) in [6.45, 7) is 1.88. The number of hydrogen-bond donors (Lipinski definition) is 2. The fraction of sp³-hybridized carbons (Fsp3) is 0.562. The number of carbonyl (C=O) groups is 1. The Balaban J connectivity index is 1.73. The molecule has 1 amide bonds. The maximum Gasteiger partial charge on any atom is 0.221 e. The predicted octanol–water partition coefficient (Wildman–Crippen LogP) is 1.63. The number of amides is 1. The molecule has 3 rings (SSSR count). The Morgan fingerprint density at radius 3 is 2.76 bits per heavy atom. The quantitative estimate of drug-likeness (QED) is 0.836. The van der Waals surface area contributed by atoms with Gasteiger partial charge in [-0.15, -0.1) is 0 Å². The molecule has 1 unspecified atom stereocenters. The fourth-order valence-electron chi connectivity index (χ4n) is 2.64. The first-order chi connectivity index (χ1) is 10.3. The van der Waals surface area contributed by atoms with Gasteiger partial charge in [0.05, 0.1) is 6.04 Å². The second-order valence-electron chi connectivity index (χ2n) is 5.64. The minimum absolute atomic E-state index is 0.0881. The summed E-state index contributed by atoms with van der Waals surface area (Å²) in [5.74, 6) is 2.22. The highest BCUT2D eigenvalue weighted by molar-refractivity contribution is 5.76. The summed E-state index contributed by atoms with van der Waals surface area (Å²) in [5.41, 5.74) is 1.11. The Kier molecular flexibility index (Phi) is 4.29. The maximum atomic E-state index is 12.0. The summed E-state index contributed by atoms with van der Waals surface area (Å²) < 4.78 is 11.2. The summed E-state index contributed by atoms with van der Waals surface area (Å²) in [6.07, 6.45) is 2.85. The van der Waals surface area contributed by atoms with E-state index in [1.807, 2.05) is 25.2 Å². The summed E-state index contributed by atoms with van der Waals surface area (Å²) >= 11 is 0. The molecule has 1 aliphatic heterocycles. The van der Waals surface area contributed by atoms with E-state index in [-0.39, 0.29) is 11.9 Å². The largest absolute Gasteiger partial charge is 0.486 e. The van der Waals surface area contributed by atoms with E-state index in [0.717, 1.165) is 17.1 Å². The number of hydrogen-bond acceptors (Lipinski definition) is 4. The SMILES string of the molecule is CNCCC(=O)NC(c1ccc2c(c1)OCCO2)C1CC1. The number of carbonyl (C=O) groups excluding carboxylic acids is 1. The van der Waals surface area contributed by atoms with Crippen molar-refractivity contribution in [3.63, 3.8) is 0 Å². The number of rotatable bonds is 6. The first-order valence-corrected chi connectivity index (χ1v) is 7.61. The van der Waals surface area contributed by atoms with Crippen molar-refractivity contribution in [3.05, 3.63) is 23.8 Å². The van der Waals surface area contributed by atoms with E-state index in [2.05, 4.69) is 10.6 Å². The van der Waals surface area contributed by atoms with Gasteiger partial charge in [0.15, 0.2) is 11.5 Å². The molecule has 0 bridgehead atoms. The minimum Gasteiger partial charge on any atom is -0.486 e. The zero-order chi connectivity index (χ0) is 14.7. The average molecular weight is 290 g/mol. The van der Waals surface area contributed by atoms with E-state index in [1.54, 1.807) is 0 Å². The lowest BCUT2D eigenvalue weighted by atomic mass is 10.0. The van der Waals surface area contributed by atoms with Crippen molar-refractivity contribution < 1.29 is 14.3 Å². The molecule has 2 N–H and O–H groups in total. The van der Waals surface area contributed by atoms with E-state index in [4.69, 9.17) is 9.47 Å². The lowest BCUT2D eigenvalue weighted by Crippen LogP contribution is -2.31. The summed E-state index contributed by atoms with van der Waals surface area (Å²) in [4.78, 5) is 12.0. The standard InChI is InChI=1S/C16H22N2O3/c1-17-7-6-15(19)18-16(11-2-3-11)12-4-5-13-14(10-12)21-9-8-20-13/h4-5,10-11,16-17H,2-3,6-9H2,1H3,(H,18,19). The Morgan fingerprint density at radius 1 is 1.29 bits per heavy atom. The number of nitrogens with one attached hydrogen (secondary N) is 2. The van der Waals surface area contributed by atoms with Crippen LogP contribution in [-0.2, 0) is 4.79 Å². The van der Waals surface area contributed by atoms with Gasteiger partial charge in [0.1, 0.15) is 13.2 Å². The van der Waals surface area contributed by atoms with E-state index in [1.165, 1.54) is 12.8 Å². The van der Waals surface area contributed by atoms with Gasteiger partial charge < -0.3 is 20.1 Å². The van der Waals surface area contributed by atoms with Gasteiger partial charge in [-0.25, -0.2) is 0 Å². The molecule has 1 atom stereocenters. The van der Waals surface area contributed by atoms with Crippen LogP contribution in [-0.4, -0.2) is 32.7 Å². The van der Waals surface area contributed by atoms with Crippen molar-refractivity contribution in [3.8, 4) is 11.5 Å². The van der Waals surface area contributed by atoms with Gasteiger partial charge in [0, 0.05) is 13.0 Å². The third kappa shape index (κ3) is 3.47. The molecule has 5 nitrogen and oxygen atoms in total. The normalized spacial score (nSPS) is 18.1. The second-order valence-corrected chi connectivity index (χ2v) is 5.64. The second kappa shape index (κ2) is 6.35. The van der Waals surface area contributed by atoms with Crippen molar-refractivity contribution in [2.75, 3.05) is 26.8 Å². The van der Waals surface area contributed by atoms with Crippen LogP contribution in [0.25, 0.3) is 0 Å². The van der Waals surface area contributed by atoms with E-state index >= 15 is 0 Å². The van der Waals surface area contributed by atoms with Crippen molar-refractivity contribution >= 4 is 5.91 Å². The van der Waals surface area contributed by atoms with E-state index in [9.17, 15) is 4.79 Å². The first-order valence-electron chi connectivity index (χ1n) is 7.61. The van der Waals surface area contributed by atoms with Crippen LogP contribution in [0.15, 0.2) is 18.2 Å². The highest BCUT2D eigenvalue weighted by atomic mass is 16.6. The summed E-state index contributed by atoms with van der Waals surface area (Å²) in [5, 5.41) is 6.16. The average Bonchev–Trinajstić information content (AvgIpc) is 3.35. The van der Waals surface area contributed by atoms with Gasteiger partial charge in [-0.2, -0.15) is 0 Å².